The fourth-order valence-electron chi connectivity index (χ4n) is 2.26. The van der Waals surface area contributed by atoms with Crippen molar-refractivity contribution in [2.45, 2.75) is 52.5 Å². The number of aromatic nitrogens is 2. The number of nitrogens with two attached hydrogens (primary N) is 1. The highest BCUT2D eigenvalue weighted by Crippen LogP contribution is 2.28. The zero-order valence-corrected chi connectivity index (χ0v) is 12.1. The van der Waals surface area contributed by atoms with Gasteiger partial charge in [0.2, 0.25) is 0 Å². The van der Waals surface area contributed by atoms with Gasteiger partial charge in [-0.05, 0) is 25.8 Å². The minimum atomic E-state index is -0.886. The van der Waals surface area contributed by atoms with Crippen LogP contribution in [0.15, 0.2) is 12.3 Å². The van der Waals surface area contributed by atoms with Crippen molar-refractivity contribution in [2.24, 2.45) is 11.1 Å². The van der Waals surface area contributed by atoms with Crippen LogP contribution in [0.2, 0.25) is 0 Å². The summed E-state index contributed by atoms with van der Waals surface area (Å²) in [5.41, 5.74) is 5.64. The van der Waals surface area contributed by atoms with Gasteiger partial charge in [-0.2, -0.15) is 5.10 Å². The van der Waals surface area contributed by atoms with Crippen LogP contribution in [0.1, 0.15) is 51.8 Å². The van der Waals surface area contributed by atoms with Gasteiger partial charge < -0.3 is 10.8 Å². The van der Waals surface area contributed by atoms with Gasteiger partial charge in [0, 0.05) is 25.2 Å². The third-order valence-corrected chi connectivity index (χ3v) is 3.80. The first-order valence-corrected chi connectivity index (χ1v) is 6.96. The summed E-state index contributed by atoms with van der Waals surface area (Å²) in [4.78, 5) is 11.5. The molecule has 0 aliphatic carbocycles. The first kappa shape index (κ1) is 15.7. The maximum absolute atomic E-state index is 11.5. The molecule has 5 nitrogen and oxygen atoms in total. The first-order chi connectivity index (χ1) is 8.99. The van der Waals surface area contributed by atoms with Gasteiger partial charge >= 0.3 is 5.97 Å². The van der Waals surface area contributed by atoms with E-state index in [1.54, 1.807) is 0 Å². The molecule has 0 saturated heterocycles. The molecule has 0 bridgehead atoms. The van der Waals surface area contributed by atoms with Crippen molar-refractivity contribution in [3.05, 3.63) is 18.0 Å². The normalized spacial score (nSPS) is 16.0. The van der Waals surface area contributed by atoms with Gasteiger partial charge in [0.15, 0.2) is 0 Å². The Hall–Kier alpha value is -1.36. The first-order valence-electron chi connectivity index (χ1n) is 6.96. The monoisotopic (exact) mass is 267 g/mol. The molecule has 1 aromatic rings. The molecule has 19 heavy (non-hydrogen) atoms. The maximum Gasteiger partial charge on any atom is 0.311 e. The van der Waals surface area contributed by atoms with E-state index in [0.29, 0.717) is 18.9 Å². The van der Waals surface area contributed by atoms with Crippen LogP contribution < -0.4 is 5.73 Å². The van der Waals surface area contributed by atoms with Crippen molar-refractivity contribution in [3.63, 3.8) is 0 Å². The highest BCUT2D eigenvalue weighted by molar-refractivity contribution is 5.75. The van der Waals surface area contributed by atoms with Crippen molar-refractivity contribution in [2.75, 3.05) is 6.54 Å². The van der Waals surface area contributed by atoms with Gasteiger partial charge in [0.1, 0.15) is 0 Å². The van der Waals surface area contributed by atoms with E-state index in [4.69, 9.17) is 5.73 Å². The van der Waals surface area contributed by atoms with E-state index >= 15 is 0 Å². The number of carboxylic acid groups (broad SMARTS) is 1. The fraction of sp³-hybridized carbons (Fsp3) is 0.714. The molecule has 0 saturated carbocycles. The zero-order valence-electron chi connectivity index (χ0n) is 12.1. The van der Waals surface area contributed by atoms with Crippen molar-refractivity contribution in [3.8, 4) is 0 Å². The van der Waals surface area contributed by atoms with Crippen LogP contribution in [0.3, 0.4) is 0 Å². The van der Waals surface area contributed by atoms with Gasteiger partial charge in [-0.15, -0.1) is 0 Å². The molecular formula is C14H25N3O2. The van der Waals surface area contributed by atoms with Crippen molar-refractivity contribution >= 4 is 5.97 Å². The summed E-state index contributed by atoms with van der Waals surface area (Å²) < 4.78 is 1.89. The van der Waals surface area contributed by atoms with Gasteiger partial charge in [0.05, 0.1) is 11.1 Å². The number of aliphatic carboxylic acids is 1. The van der Waals surface area contributed by atoms with Gasteiger partial charge in [-0.25, -0.2) is 0 Å². The smallest absolute Gasteiger partial charge is 0.311 e. The maximum atomic E-state index is 11.5. The molecule has 0 aliphatic rings. The molecular weight excluding hydrogens is 242 g/mol. The Morgan fingerprint density at radius 3 is 2.74 bits per heavy atom. The SMILES string of the molecule is CCCC(CN)(Cc1ccn(C(C)CC)n1)C(=O)O. The second-order valence-electron chi connectivity index (χ2n) is 5.26. The Labute approximate surface area is 114 Å². The lowest BCUT2D eigenvalue weighted by molar-refractivity contribution is -0.148. The highest BCUT2D eigenvalue weighted by atomic mass is 16.4. The molecule has 2 atom stereocenters. The molecule has 0 radical (unpaired) electrons. The molecule has 0 spiro atoms. The minimum Gasteiger partial charge on any atom is -0.481 e. The predicted octanol–water partition coefficient (Wildman–Crippen LogP) is 2.23. The summed E-state index contributed by atoms with van der Waals surface area (Å²) in [6.45, 7) is 6.32. The topological polar surface area (TPSA) is 81.1 Å². The lowest BCUT2D eigenvalue weighted by Gasteiger charge is -2.26. The highest BCUT2D eigenvalue weighted by Gasteiger charge is 2.37. The number of hydrogen-bond donors (Lipinski definition) is 2. The van der Waals surface area contributed by atoms with Crippen LogP contribution in [0.4, 0.5) is 0 Å². The lowest BCUT2D eigenvalue weighted by Crippen LogP contribution is -2.40. The molecule has 108 valence electrons. The Kier molecular flexibility index (Phi) is 5.54. The van der Waals surface area contributed by atoms with Crippen LogP contribution in [-0.4, -0.2) is 27.4 Å². The number of carbonyl (C=O) groups is 1. The summed E-state index contributed by atoms with van der Waals surface area (Å²) in [5, 5.41) is 13.9. The molecule has 1 rings (SSSR count). The van der Waals surface area contributed by atoms with Gasteiger partial charge in [0.25, 0.3) is 0 Å². The van der Waals surface area contributed by atoms with Crippen LogP contribution in [0.5, 0.6) is 0 Å². The van der Waals surface area contributed by atoms with E-state index in [1.807, 2.05) is 23.9 Å². The standard InChI is InChI=1S/C14H25N3O2/c1-4-7-14(10-15,13(18)19)9-12-6-8-17(16-12)11(3)5-2/h6,8,11H,4-5,7,9-10,15H2,1-3H3,(H,18,19). The minimum absolute atomic E-state index is 0.145. The number of carboxylic acids is 1. The van der Waals surface area contributed by atoms with E-state index in [2.05, 4.69) is 18.9 Å². The Morgan fingerprint density at radius 1 is 1.58 bits per heavy atom. The molecule has 5 heteroatoms. The van der Waals surface area contributed by atoms with E-state index in [-0.39, 0.29) is 6.54 Å². The third-order valence-electron chi connectivity index (χ3n) is 3.80. The van der Waals surface area contributed by atoms with E-state index < -0.39 is 11.4 Å². The number of nitrogens with zero attached hydrogens (tertiary/aromatic N) is 2. The second kappa shape index (κ2) is 6.70. The summed E-state index contributed by atoms with van der Waals surface area (Å²) in [7, 11) is 0. The molecule has 1 aromatic heterocycles. The second-order valence-corrected chi connectivity index (χ2v) is 5.26. The fourth-order valence-corrected chi connectivity index (χ4v) is 2.26. The Bertz CT molecular complexity index is 417. The molecule has 2 unspecified atom stereocenters. The Balaban J connectivity index is 2.90. The van der Waals surface area contributed by atoms with Crippen molar-refractivity contribution in [1.82, 2.24) is 9.78 Å². The molecule has 1 heterocycles. The van der Waals surface area contributed by atoms with Crippen LogP contribution in [0.25, 0.3) is 0 Å². The summed E-state index contributed by atoms with van der Waals surface area (Å²) in [5.74, 6) is -0.824. The molecule has 3 N–H and O–H groups in total. The van der Waals surface area contributed by atoms with Crippen LogP contribution in [0, 0.1) is 5.41 Å². The van der Waals surface area contributed by atoms with E-state index in [1.165, 1.54) is 0 Å². The van der Waals surface area contributed by atoms with Crippen LogP contribution >= 0.6 is 0 Å². The average molecular weight is 267 g/mol. The largest absolute Gasteiger partial charge is 0.481 e. The van der Waals surface area contributed by atoms with E-state index in [0.717, 1.165) is 18.5 Å². The zero-order chi connectivity index (χ0) is 14.5. The molecule has 0 amide bonds. The summed E-state index contributed by atoms with van der Waals surface area (Å²) >= 11 is 0. The number of rotatable bonds is 8. The molecule has 0 aromatic carbocycles. The molecule has 0 aliphatic heterocycles. The summed E-state index contributed by atoms with van der Waals surface area (Å²) in [6.07, 6.45) is 4.69. The quantitative estimate of drug-likeness (QED) is 0.756. The van der Waals surface area contributed by atoms with Crippen LogP contribution in [-0.2, 0) is 11.2 Å². The van der Waals surface area contributed by atoms with E-state index in [9.17, 15) is 9.90 Å². The van der Waals surface area contributed by atoms with Crippen molar-refractivity contribution < 1.29 is 9.90 Å². The Morgan fingerprint density at radius 2 is 2.26 bits per heavy atom. The number of hydrogen-bond acceptors (Lipinski definition) is 3. The third kappa shape index (κ3) is 3.56. The van der Waals surface area contributed by atoms with Crippen molar-refractivity contribution in [1.29, 1.82) is 0 Å². The lowest BCUT2D eigenvalue weighted by atomic mass is 9.79. The molecule has 0 fully saturated rings. The summed E-state index contributed by atoms with van der Waals surface area (Å²) in [6, 6.07) is 2.23. The van der Waals surface area contributed by atoms with Gasteiger partial charge in [-0.3, -0.25) is 9.48 Å². The van der Waals surface area contributed by atoms with Gasteiger partial charge in [-0.1, -0.05) is 20.3 Å². The predicted molar refractivity (Wildman–Crippen MR) is 75.0 cm³/mol. The average Bonchev–Trinajstić information content (AvgIpc) is 2.85.